The highest BCUT2D eigenvalue weighted by Gasteiger charge is 2.46. The molecule has 7 rings (SSSR count). The number of carbonyl (C=O) groups is 2. The third kappa shape index (κ3) is 4.05. The quantitative estimate of drug-likeness (QED) is 0.516. The predicted octanol–water partition coefficient (Wildman–Crippen LogP) is 4.02. The van der Waals surface area contributed by atoms with Gasteiger partial charge in [-0.05, 0) is 23.6 Å². The van der Waals surface area contributed by atoms with Crippen molar-refractivity contribution >= 4 is 28.3 Å². The highest BCUT2D eigenvalue weighted by Crippen LogP contribution is 2.45. The molecular formula is C33H32N4O3. The van der Waals surface area contributed by atoms with Gasteiger partial charge in [0.2, 0.25) is 0 Å². The topological polar surface area (TPSA) is 80.8 Å². The molecule has 7 nitrogen and oxygen atoms in total. The van der Waals surface area contributed by atoms with Gasteiger partial charge in [-0.3, -0.25) is 14.5 Å². The third-order valence-electron chi connectivity index (χ3n) is 8.51. The van der Waals surface area contributed by atoms with Gasteiger partial charge in [-0.25, -0.2) is 0 Å². The number of carbonyl (C=O) groups excluding carboxylic acids is 2. The average molecular weight is 533 g/mol. The van der Waals surface area contributed by atoms with E-state index in [-0.39, 0.29) is 36.4 Å². The third-order valence-corrected chi connectivity index (χ3v) is 8.51. The second-order valence-corrected chi connectivity index (χ2v) is 10.8. The molecule has 3 aromatic rings. The first-order valence-corrected chi connectivity index (χ1v) is 14.0. The van der Waals surface area contributed by atoms with Crippen LogP contribution in [0.2, 0.25) is 0 Å². The van der Waals surface area contributed by atoms with E-state index >= 15 is 0 Å². The molecular weight excluding hydrogens is 500 g/mol. The molecule has 0 spiro atoms. The molecule has 3 aliphatic heterocycles. The molecule has 4 bridgehead atoms. The van der Waals surface area contributed by atoms with Crippen molar-refractivity contribution in [3.8, 4) is 0 Å². The van der Waals surface area contributed by atoms with E-state index in [9.17, 15) is 9.59 Å². The number of benzene rings is 2. The number of allylic oxidation sites excluding steroid dienone is 2. The summed E-state index contributed by atoms with van der Waals surface area (Å²) in [6.45, 7) is 2.58. The van der Waals surface area contributed by atoms with Crippen LogP contribution in [0.1, 0.15) is 17.5 Å². The molecule has 1 aliphatic carbocycles. The molecule has 202 valence electrons. The molecule has 2 unspecified atom stereocenters. The lowest BCUT2D eigenvalue weighted by molar-refractivity contribution is -0.137. The van der Waals surface area contributed by atoms with Crippen LogP contribution in [-0.4, -0.2) is 58.0 Å². The van der Waals surface area contributed by atoms with Crippen molar-refractivity contribution in [3.63, 3.8) is 0 Å². The van der Waals surface area contributed by atoms with Crippen LogP contribution in [0.15, 0.2) is 102 Å². The van der Waals surface area contributed by atoms with Crippen molar-refractivity contribution < 1.29 is 14.3 Å². The lowest BCUT2D eigenvalue weighted by Gasteiger charge is -2.28. The maximum Gasteiger partial charge on any atom is 0.262 e. The van der Waals surface area contributed by atoms with Crippen LogP contribution < -0.4 is 5.73 Å². The number of nitrogens with two attached hydrogens (primary N) is 1. The Balaban J connectivity index is 1.43. The molecule has 4 heterocycles. The number of aromatic nitrogens is 1. The number of aryl methyl sites for hydroxylation is 1. The zero-order chi connectivity index (χ0) is 27.2. The van der Waals surface area contributed by atoms with Gasteiger partial charge in [0, 0.05) is 54.4 Å². The van der Waals surface area contributed by atoms with E-state index in [2.05, 4.69) is 40.0 Å². The summed E-state index contributed by atoms with van der Waals surface area (Å²) in [7, 11) is 0. The number of nitrogens with zero attached hydrogens (tertiary/aromatic N) is 3. The molecule has 2 aromatic carbocycles. The van der Waals surface area contributed by atoms with Crippen LogP contribution in [0.25, 0.3) is 16.5 Å². The highest BCUT2D eigenvalue weighted by atomic mass is 16.5. The fourth-order valence-electron chi connectivity index (χ4n) is 6.51. The van der Waals surface area contributed by atoms with Crippen molar-refractivity contribution in [2.75, 3.05) is 19.7 Å². The Labute approximate surface area is 233 Å². The minimum Gasteiger partial charge on any atom is -0.375 e. The maximum atomic E-state index is 14.3. The first kappa shape index (κ1) is 24.8. The van der Waals surface area contributed by atoms with Gasteiger partial charge in [0.25, 0.3) is 11.8 Å². The number of para-hydroxylation sites is 1. The van der Waals surface area contributed by atoms with Crippen LogP contribution in [-0.2, 0) is 27.4 Å². The van der Waals surface area contributed by atoms with Gasteiger partial charge in [-0.2, -0.15) is 0 Å². The monoisotopic (exact) mass is 532 g/mol. The predicted molar refractivity (Wildman–Crippen MR) is 155 cm³/mol. The number of ether oxygens (including phenoxy) is 1. The van der Waals surface area contributed by atoms with Gasteiger partial charge in [0.1, 0.15) is 0 Å². The molecule has 40 heavy (non-hydrogen) atoms. The number of hydrogen-bond donors (Lipinski definition) is 1. The van der Waals surface area contributed by atoms with E-state index in [0.29, 0.717) is 37.4 Å². The standard InChI is InChI=1S/C33H32N4O3/c34-18-23-14-15-35-20-26(24-10-4-6-12-28(24)35)30-31(33(39)37(32(30)38)19-22-8-2-1-3-9-22)27-21-36(16-17-40-23)29-13-7-5-11-25(27)29/h1-13,20-21,23,25,29H,14-19,34H2/t23-,25?,29?/m1/s1. The second kappa shape index (κ2) is 10.1. The van der Waals surface area contributed by atoms with Crippen LogP contribution in [0, 0.1) is 5.92 Å². The largest absolute Gasteiger partial charge is 0.375 e. The first-order valence-electron chi connectivity index (χ1n) is 14.0. The fourth-order valence-corrected chi connectivity index (χ4v) is 6.51. The van der Waals surface area contributed by atoms with Gasteiger partial charge in [0.15, 0.2) is 0 Å². The fraction of sp³-hybridized carbons (Fsp3) is 0.273. The van der Waals surface area contributed by atoms with Crippen LogP contribution >= 0.6 is 0 Å². The molecule has 2 amide bonds. The summed E-state index contributed by atoms with van der Waals surface area (Å²) < 4.78 is 8.42. The second-order valence-electron chi connectivity index (χ2n) is 10.8. The summed E-state index contributed by atoms with van der Waals surface area (Å²) >= 11 is 0. The summed E-state index contributed by atoms with van der Waals surface area (Å²) in [4.78, 5) is 32.3. The minimum atomic E-state index is -0.242. The maximum absolute atomic E-state index is 14.3. The lowest BCUT2D eigenvalue weighted by atomic mass is 9.84. The Morgan fingerprint density at radius 2 is 1.68 bits per heavy atom. The summed E-state index contributed by atoms with van der Waals surface area (Å²) in [5.41, 5.74) is 10.7. The normalized spacial score (nSPS) is 24.4. The van der Waals surface area contributed by atoms with E-state index in [1.54, 1.807) is 0 Å². The Kier molecular flexibility index (Phi) is 6.25. The Morgan fingerprint density at radius 3 is 2.52 bits per heavy atom. The van der Waals surface area contributed by atoms with E-state index in [4.69, 9.17) is 10.5 Å². The molecule has 4 aliphatic rings. The van der Waals surface area contributed by atoms with Gasteiger partial charge in [-0.1, -0.05) is 72.8 Å². The Morgan fingerprint density at radius 1 is 0.900 bits per heavy atom. The van der Waals surface area contributed by atoms with Crippen molar-refractivity contribution in [2.24, 2.45) is 11.7 Å². The van der Waals surface area contributed by atoms with Crippen molar-refractivity contribution in [3.05, 3.63) is 114 Å². The molecule has 0 saturated heterocycles. The summed E-state index contributed by atoms with van der Waals surface area (Å²) in [6.07, 6.45) is 13.2. The molecule has 0 radical (unpaired) electrons. The Hall–Kier alpha value is -4.20. The van der Waals surface area contributed by atoms with Gasteiger partial charge in [-0.15, -0.1) is 0 Å². The zero-order valence-electron chi connectivity index (χ0n) is 22.3. The average Bonchev–Trinajstić information content (AvgIpc) is 3.61. The molecule has 0 fully saturated rings. The first-order chi connectivity index (χ1) is 19.6. The van der Waals surface area contributed by atoms with Gasteiger partial charge >= 0.3 is 0 Å². The summed E-state index contributed by atoms with van der Waals surface area (Å²) in [6, 6.07) is 17.9. The zero-order valence-corrected chi connectivity index (χ0v) is 22.3. The van der Waals surface area contributed by atoms with Crippen molar-refractivity contribution in [2.45, 2.75) is 31.7 Å². The molecule has 1 aromatic heterocycles. The lowest BCUT2D eigenvalue weighted by Crippen LogP contribution is -2.35. The van der Waals surface area contributed by atoms with E-state index < -0.39 is 0 Å². The molecule has 0 saturated carbocycles. The number of rotatable bonds is 3. The molecule has 7 heteroatoms. The van der Waals surface area contributed by atoms with Gasteiger partial charge < -0.3 is 19.9 Å². The van der Waals surface area contributed by atoms with E-state index in [1.807, 2.05) is 60.8 Å². The Bertz CT molecular complexity index is 1610. The highest BCUT2D eigenvalue weighted by molar-refractivity contribution is 6.38. The number of amides is 2. The number of hydrogen-bond acceptors (Lipinski definition) is 5. The number of imide groups is 1. The molecule has 2 N–H and O–H groups in total. The smallest absolute Gasteiger partial charge is 0.262 e. The van der Waals surface area contributed by atoms with Crippen LogP contribution in [0.5, 0.6) is 0 Å². The van der Waals surface area contributed by atoms with E-state index in [0.717, 1.165) is 34.0 Å². The minimum absolute atomic E-state index is 0.0350. The molecule has 3 atom stereocenters. The summed E-state index contributed by atoms with van der Waals surface area (Å²) in [5.74, 6) is -0.512. The van der Waals surface area contributed by atoms with Crippen LogP contribution in [0.4, 0.5) is 0 Å². The summed E-state index contributed by atoms with van der Waals surface area (Å²) in [5, 5.41) is 0.962. The SMILES string of the molecule is NC[C@H]1CCn2cc(c3ccccc32)C2=C(C(=O)N(Cc3ccccc3)C2=O)C2=CN(CCO1)C1C=CC=CC21. The number of fused-ring (bicyclic) bond motifs is 11. The van der Waals surface area contributed by atoms with Crippen molar-refractivity contribution in [1.82, 2.24) is 14.4 Å². The van der Waals surface area contributed by atoms with Gasteiger partial charge in [0.05, 0.1) is 36.4 Å². The van der Waals surface area contributed by atoms with E-state index in [1.165, 1.54) is 4.90 Å². The van der Waals surface area contributed by atoms with Crippen LogP contribution in [0.3, 0.4) is 0 Å². The van der Waals surface area contributed by atoms with Crippen molar-refractivity contribution in [1.29, 1.82) is 0 Å².